The van der Waals surface area contributed by atoms with E-state index in [4.69, 9.17) is 9.47 Å². The summed E-state index contributed by atoms with van der Waals surface area (Å²) in [4.78, 5) is 0. The molecule has 4 aliphatic rings. The van der Waals surface area contributed by atoms with Gasteiger partial charge < -0.3 is 9.47 Å². The van der Waals surface area contributed by atoms with Gasteiger partial charge in [-0.25, -0.2) is 8.78 Å². The van der Waals surface area contributed by atoms with E-state index in [1.807, 2.05) is 0 Å². The number of rotatable bonds is 2. The summed E-state index contributed by atoms with van der Waals surface area (Å²) in [5.41, 5.74) is 1.86. The van der Waals surface area contributed by atoms with E-state index >= 15 is 0 Å². The van der Waals surface area contributed by atoms with Gasteiger partial charge in [-0.15, -0.1) is 0 Å². The zero-order chi connectivity index (χ0) is 19.1. The van der Waals surface area contributed by atoms with Crippen LogP contribution in [0.1, 0.15) is 63.4 Å². The minimum absolute atomic E-state index is 0.254. The summed E-state index contributed by atoms with van der Waals surface area (Å²) < 4.78 is 39.0. The minimum Gasteiger partial charge on any atom is -0.348 e. The number of benzene rings is 1. The Labute approximate surface area is 166 Å². The molecule has 0 aromatic heterocycles. The number of hydrogen-bond acceptors (Lipinski definition) is 2. The second kappa shape index (κ2) is 7.53. The van der Waals surface area contributed by atoms with Crippen molar-refractivity contribution >= 4 is 5.57 Å². The molecule has 0 bridgehead atoms. The number of fused-ring (bicyclic) bond motifs is 1. The summed E-state index contributed by atoms with van der Waals surface area (Å²) in [6.45, 7) is 1.50. The Kier molecular flexibility index (Phi) is 5.04. The fourth-order valence-corrected chi connectivity index (χ4v) is 6.30. The lowest BCUT2D eigenvalue weighted by Gasteiger charge is -2.44. The van der Waals surface area contributed by atoms with E-state index in [0.29, 0.717) is 5.92 Å². The third kappa shape index (κ3) is 3.66. The highest BCUT2D eigenvalue weighted by molar-refractivity contribution is 5.66. The second-order valence-electron chi connectivity index (χ2n) is 9.33. The van der Waals surface area contributed by atoms with Crippen LogP contribution >= 0.6 is 0 Å². The van der Waals surface area contributed by atoms with E-state index in [9.17, 15) is 8.78 Å². The van der Waals surface area contributed by atoms with Crippen molar-refractivity contribution in [3.63, 3.8) is 0 Å². The molecule has 0 amide bonds. The maximum absolute atomic E-state index is 13.6. The molecule has 1 aliphatic heterocycles. The molecule has 3 fully saturated rings. The van der Waals surface area contributed by atoms with Crippen molar-refractivity contribution in [3.05, 3.63) is 41.5 Å². The fourth-order valence-electron chi connectivity index (χ4n) is 6.30. The zero-order valence-electron chi connectivity index (χ0n) is 16.5. The largest absolute Gasteiger partial charge is 0.348 e. The average Bonchev–Trinajstić information content (AvgIpc) is 3.15. The molecule has 5 rings (SSSR count). The van der Waals surface area contributed by atoms with Crippen LogP contribution in [-0.2, 0) is 9.47 Å². The van der Waals surface area contributed by atoms with E-state index in [0.717, 1.165) is 73.9 Å². The van der Waals surface area contributed by atoms with Gasteiger partial charge in [0.05, 0.1) is 13.2 Å². The van der Waals surface area contributed by atoms with Crippen molar-refractivity contribution in [1.82, 2.24) is 0 Å². The van der Waals surface area contributed by atoms with Crippen molar-refractivity contribution in [2.75, 3.05) is 13.2 Å². The van der Waals surface area contributed by atoms with Gasteiger partial charge in [0.25, 0.3) is 0 Å². The van der Waals surface area contributed by atoms with Crippen LogP contribution in [0, 0.1) is 35.3 Å². The fraction of sp³-hybridized carbons (Fsp3) is 0.667. The first-order valence-electron chi connectivity index (χ1n) is 11.1. The first-order chi connectivity index (χ1) is 13.6. The molecule has 2 nitrogen and oxygen atoms in total. The topological polar surface area (TPSA) is 18.5 Å². The molecular weight excluding hydrogens is 358 g/mol. The van der Waals surface area contributed by atoms with Gasteiger partial charge in [0.2, 0.25) is 0 Å². The maximum Gasteiger partial charge on any atom is 0.168 e. The van der Waals surface area contributed by atoms with Gasteiger partial charge >= 0.3 is 0 Å². The van der Waals surface area contributed by atoms with Crippen molar-refractivity contribution < 1.29 is 18.3 Å². The van der Waals surface area contributed by atoms with Gasteiger partial charge in [0.1, 0.15) is 11.6 Å². The first-order valence-corrected chi connectivity index (χ1v) is 11.1. The molecule has 1 unspecified atom stereocenters. The van der Waals surface area contributed by atoms with E-state index in [2.05, 4.69) is 6.08 Å². The summed E-state index contributed by atoms with van der Waals surface area (Å²) >= 11 is 0. The smallest absolute Gasteiger partial charge is 0.168 e. The molecule has 0 N–H and O–H groups in total. The molecule has 28 heavy (non-hydrogen) atoms. The number of hydrogen-bond donors (Lipinski definition) is 0. The van der Waals surface area contributed by atoms with Crippen LogP contribution in [0.5, 0.6) is 0 Å². The summed E-state index contributed by atoms with van der Waals surface area (Å²) in [5.74, 6) is 1.72. The number of ether oxygens (including phenoxy) is 2. The Morgan fingerprint density at radius 3 is 2.21 bits per heavy atom. The van der Waals surface area contributed by atoms with Crippen LogP contribution in [-0.4, -0.2) is 19.0 Å². The average molecular weight is 388 g/mol. The SMILES string of the molecule is Fc1cc(F)cc(C2=C[C@H]3CCC(C4CCC5(CC4)OCCO5)C[C@@H]3CC2)c1. The first kappa shape index (κ1) is 18.7. The lowest BCUT2D eigenvalue weighted by Crippen LogP contribution is -2.38. The lowest BCUT2D eigenvalue weighted by atomic mass is 9.63. The normalized spacial score (nSPS) is 32.9. The molecule has 3 atom stereocenters. The predicted octanol–water partition coefficient (Wildman–Crippen LogP) is 6.11. The Bertz CT molecular complexity index is 723. The molecule has 152 valence electrons. The van der Waals surface area contributed by atoms with Crippen molar-refractivity contribution in [3.8, 4) is 0 Å². The quantitative estimate of drug-likeness (QED) is 0.609. The van der Waals surface area contributed by atoms with Crippen LogP contribution in [0.15, 0.2) is 24.3 Å². The summed E-state index contributed by atoms with van der Waals surface area (Å²) in [5, 5.41) is 0. The minimum atomic E-state index is -0.480. The second-order valence-corrected chi connectivity index (χ2v) is 9.33. The van der Waals surface area contributed by atoms with E-state index in [-0.39, 0.29) is 5.79 Å². The predicted molar refractivity (Wildman–Crippen MR) is 104 cm³/mol. The van der Waals surface area contributed by atoms with E-state index in [1.165, 1.54) is 44.2 Å². The molecule has 1 heterocycles. The molecular formula is C24H30F2O2. The molecule has 0 radical (unpaired) electrons. The van der Waals surface area contributed by atoms with E-state index < -0.39 is 11.6 Å². The van der Waals surface area contributed by atoms with Crippen LogP contribution in [0.3, 0.4) is 0 Å². The summed E-state index contributed by atoms with van der Waals surface area (Å²) in [6, 6.07) is 3.91. The molecule has 3 aliphatic carbocycles. The molecule has 2 saturated carbocycles. The Hall–Kier alpha value is -1.26. The van der Waals surface area contributed by atoms with Crippen LogP contribution < -0.4 is 0 Å². The van der Waals surface area contributed by atoms with Crippen molar-refractivity contribution in [2.24, 2.45) is 23.7 Å². The monoisotopic (exact) mass is 388 g/mol. The molecule has 4 heteroatoms. The van der Waals surface area contributed by atoms with Crippen molar-refractivity contribution in [1.29, 1.82) is 0 Å². The third-order valence-electron chi connectivity index (χ3n) is 7.79. The zero-order valence-corrected chi connectivity index (χ0v) is 16.5. The molecule has 1 aromatic carbocycles. The van der Waals surface area contributed by atoms with Gasteiger partial charge in [-0.1, -0.05) is 6.08 Å². The Morgan fingerprint density at radius 2 is 1.50 bits per heavy atom. The van der Waals surface area contributed by atoms with Gasteiger partial charge in [0, 0.05) is 18.9 Å². The van der Waals surface area contributed by atoms with Gasteiger partial charge in [-0.3, -0.25) is 0 Å². The van der Waals surface area contributed by atoms with Crippen LogP contribution in [0.25, 0.3) is 5.57 Å². The number of allylic oxidation sites excluding steroid dienone is 2. The summed E-state index contributed by atoms with van der Waals surface area (Å²) in [7, 11) is 0. The highest BCUT2D eigenvalue weighted by Crippen LogP contribution is 2.49. The van der Waals surface area contributed by atoms with Gasteiger partial charge in [-0.2, -0.15) is 0 Å². The van der Waals surface area contributed by atoms with Crippen molar-refractivity contribution in [2.45, 2.75) is 63.6 Å². The lowest BCUT2D eigenvalue weighted by molar-refractivity contribution is -0.185. The highest BCUT2D eigenvalue weighted by atomic mass is 19.1. The Balaban J connectivity index is 1.22. The van der Waals surface area contributed by atoms with Crippen LogP contribution in [0.2, 0.25) is 0 Å². The molecule has 1 spiro atoms. The summed E-state index contributed by atoms with van der Waals surface area (Å²) in [6.07, 6.45) is 12.8. The van der Waals surface area contributed by atoms with Gasteiger partial charge in [-0.05, 0) is 91.9 Å². The van der Waals surface area contributed by atoms with Crippen LogP contribution in [0.4, 0.5) is 8.78 Å². The highest BCUT2D eigenvalue weighted by Gasteiger charge is 2.43. The van der Waals surface area contributed by atoms with E-state index in [1.54, 1.807) is 0 Å². The molecule has 1 aromatic rings. The Morgan fingerprint density at radius 1 is 0.786 bits per heavy atom. The third-order valence-corrected chi connectivity index (χ3v) is 7.79. The van der Waals surface area contributed by atoms with Gasteiger partial charge in [0.15, 0.2) is 5.79 Å². The molecule has 1 saturated heterocycles. The number of halogens is 2. The standard InChI is InChI=1S/C24H30F2O2/c25-22-13-21(14-23(26)15-22)20-4-3-18-11-17(1-2-19(18)12-20)16-5-7-24(8-6-16)27-9-10-28-24/h12-19H,1-11H2/t17?,18-,19+/m0/s1. The maximum atomic E-state index is 13.6.